The predicted octanol–water partition coefficient (Wildman–Crippen LogP) is 5.61. The molecule has 2 aromatic rings. The number of halogens is 1. The Morgan fingerprint density at radius 3 is 2.44 bits per heavy atom. The first-order chi connectivity index (χ1) is 12.0. The Morgan fingerprint density at radius 1 is 1.08 bits per heavy atom. The topological polar surface area (TPSA) is 44.8 Å². The number of carbonyl (C=O) groups excluding carboxylic acids is 1. The van der Waals surface area contributed by atoms with E-state index in [1.165, 1.54) is 18.2 Å². The van der Waals surface area contributed by atoms with Crippen LogP contribution in [0, 0.1) is 6.92 Å². The summed E-state index contributed by atoms with van der Waals surface area (Å²) in [5, 5.41) is 0. The lowest BCUT2D eigenvalue weighted by molar-refractivity contribution is 0.120. The third-order valence-corrected chi connectivity index (χ3v) is 4.73. The van der Waals surface area contributed by atoms with E-state index in [1.807, 2.05) is 18.2 Å². The zero-order valence-corrected chi connectivity index (χ0v) is 16.6. The molecule has 0 N–H and O–H groups in total. The highest BCUT2D eigenvalue weighted by Gasteiger charge is 2.14. The van der Waals surface area contributed by atoms with Crippen molar-refractivity contribution in [2.45, 2.75) is 40.2 Å². The monoisotopic (exact) mass is 406 g/mol. The van der Waals surface area contributed by atoms with Crippen LogP contribution in [0.3, 0.4) is 0 Å². The number of benzene rings is 2. The number of aryl methyl sites for hydroxylation is 3. The molecule has 0 heterocycles. The first kappa shape index (κ1) is 19.3. The van der Waals surface area contributed by atoms with E-state index in [4.69, 9.17) is 9.47 Å². The maximum Gasteiger partial charge on any atom is 0.513 e. The van der Waals surface area contributed by atoms with Crippen molar-refractivity contribution in [3.05, 3.63) is 57.1 Å². The molecule has 0 atom stereocenters. The smallest absolute Gasteiger partial charge is 0.488 e. The molecule has 0 fully saturated rings. The number of carbonyl (C=O) groups is 1. The van der Waals surface area contributed by atoms with Crippen LogP contribution in [0.15, 0.2) is 34.8 Å². The maximum absolute atomic E-state index is 11.5. The van der Waals surface area contributed by atoms with E-state index in [9.17, 15) is 4.79 Å². The van der Waals surface area contributed by atoms with Crippen molar-refractivity contribution in [2.75, 3.05) is 7.11 Å². The lowest BCUT2D eigenvalue weighted by atomic mass is 10.0. The van der Waals surface area contributed by atoms with Crippen molar-refractivity contribution < 1.29 is 19.0 Å². The number of methoxy groups -OCH3 is 1. The highest BCUT2D eigenvalue weighted by molar-refractivity contribution is 9.10. The fourth-order valence-electron chi connectivity index (χ4n) is 2.67. The van der Waals surface area contributed by atoms with Crippen LogP contribution >= 0.6 is 15.9 Å². The first-order valence-corrected chi connectivity index (χ1v) is 9.07. The second-order valence-corrected chi connectivity index (χ2v) is 6.51. The minimum atomic E-state index is -0.737. The molecule has 4 nitrogen and oxygen atoms in total. The Bertz CT molecular complexity index is 756. The van der Waals surface area contributed by atoms with Crippen molar-refractivity contribution in [3.63, 3.8) is 0 Å². The van der Waals surface area contributed by atoms with Crippen molar-refractivity contribution in [3.8, 4) is 11.5 Å². The third-order valence-electron chi connectivity index (χ3n) is 4.11. The van der Waals surface area contributed by atoms with E-state index in [0.717, 1.165) is 34.2 Å². The van der Waals surface area contributed by atoms with Gasteiger partial charge in [-0.05, 0) is 70.6 Å². The number of hydrogen-bond donors (Lipinski definition) is 0. The van der Waals surface area contributed by atoms with Crippen LogP contribution < -0.4 is 9.47 Å². The molecule has 134 valence electrons. The van der Waals surface area contributed by atoms with E-state index in [-0.39, 0.29) is 0 Å². The van der Waals surface area contributed by atoms with Gasteiger partial charge in [-0.3, -0.25) is 0 Å². The van der Waals surface area contributed by atoms with Crippen molar-refractivity contribution in [2.24, 2.45) is 0 Å². The van der Waals surface area contributed by atoms with Gasteiger partial charge in [0.1, 0.15) is 18.1 Å². The summed E-state index contributed by atoms with van der Waals surface area (Å²) >= 11 is 3.57. The van der Waals surface area contributed by atoms with Gasteiger partial charge in [0.2, 0.25) is 0 Å². The number of ether oxygens (including phenoxy) is 3. The van der Waals surface area contributed by atoms with Gasteiger partial charge in [0.15, 0.2) is 0 Å². The Hall–Kier alpha value is -2.01. The highest BCUT2D eigenvalue weighted by Crippen LogP contribution is 2.31. The van der Waals surface area contributed by atoms with E-state index < -0.39 is 6.16 Å². The van der Waals surface area contributed by atoms with Crippen LogP contribution in [-0.2, 0) is 24.2 Å². The van der Waals surface area contributed by atoms with Crippen molar-refractivity contribution in [1.82, 2.24) is 0 Å². The average molecular weight is 407 g/mol. The van der Waals surface area contributed by atoms with Gasteiger partial charge < -0.3 is 14.2 Å². The molecule has 0 amide bonds. The second-order valence-electron chi connectivity index (χ2n) is 5.65. The Morgan fingerprint density at radius 2 is 1.80 bits per heavy atom. The molecule has 0 spiro atoms. The second kappa shape index (κ2) is 8.90. The summed E-state index contributed by atoms with van der Waals surface area (Å²) in [6.45, 7) is 6.56. The van der Waals surface area contributed by atoms with Gasteiger partial charge in [-0.2, -0.15) is 0 Å². The molecule has 0 saturated heterocycles. The van der Waals surface area contributed by atoms with Gasteiger partial charge in [-0.25, -0.2) is 4.79 Å². The molecule has 0 aliphatic carbocycles. The van der Waals surface area contributed by atoms with E-state index in [1.54, 1.807) is 6.07 Å². The largest absolute Gasteiger partial charge is 0.513 e. The molecule has 2 rings (SSSR count). The molecular formula is C20H23BrO4. The molecule has 0 bridgehead atoms. The average Bonchev–Trinajstić information content (AvgIpc) is 2.62. The van der Waals surface area contributed by atoms with Crippen LogP contribution in [-0.4, -0.2) is 13.3 Å². The maximum atomic E-state index is 11.5. The summed E-state index contributed by atoms with van der Waals surface area (Å²) in [5.74, 6) is 1.23. The quantitative estimate of drug-likeness (QED) is 0.462. The summed E-state index contributed by atoms with van der Waals surface area (Å²) in [4.78, 5) is 11.5. The van der Waals surface area contributed by atoms with Gasteiger partial charge in [0.05, 0.1) is 11.6 Å². The standard InChI is InChI=1S/C20H23BrO4/c1-5-14-8-7-9-18(25-20(22)23-4)16(14)12-24-19-10-13(3)15(6-2)11-17(19)21/h7-11H,5-6,12H2,1-4H3. The van der Waals surface area contributed by atoms with Crippen LogP contribution in [0.1, 0.15) is 36.1 Å². The molecular weight excluding hydrogens is 384 g/mol. The fourth-order valence-corrected chi connectivity index (χ4v) is 3.18. The van der Waals surface area contributed by atoms with E-state index in [2.05, 4.69) is 47.5 Å². The van der Waals surface area contributed by atoms with Crippen LogP contribution in [0.5, 0.6) is 11.5 Å². The van der Waals surface area contributed by atoms with Crippen LogP contribution in [0.4, 0.5) is 4.79 Å². The summed E-state index contributed by atoms with van der Waals surface area (Å²) < 4.78 is 16.8. The molecule has 2 aromatic carbocycles. The molecule has 0 radical (unpaired) electrons. The van der Waals surface area contributed by atoms with Crippen LogP contribution in [0.2, 0.25) is 0 Å². The SMILES string of the molecule is CCc1cc(Br)c(OCc2c(CC)cccc2OC(=O)OC)cc1C. The fraction of sp³-hybridized carbons (Fsp3) is 0.350. The Labute approximate surface area is 157 Å². The minimum Gasteiger partial charge on any atom is -0.488 e. The van der Waals surface area contributed by atoms with Crippen LogP contribution in [0.25, 0.3) is 0 Å². The van der Waals surface area contributed by atoms with Crippen molar-refractivity contribution >= 4 is 22.1 Å². The molecule has 0 aromatic heterocycles. The number of hydrogen-bond acceptors (Lipinski definition) is 4. The zero-order valence-electron chi connectivity index (χ0n) is 15.0. The number of rotatable bonds is 6. The summed E-state index contributed by atoms with van der Waals surface area (Å²) in [6.07, 6.45) is 1.05. The lowest BCUT2D eigenvalue weighted by Gasteiger charge is -2.16. The van der Waals surface area contributed by atoms with E-state index in [0.29, 0.717) is 12.4 Å². The van der Waals surface area contributed by atoms with Gasteiger partial charge in [-0.15, -0.1) is 0 Å². The first-order valence-electron chi connectivity index (χ1n) is 8.28. The molecule has 0 saturated carbocycles. The molecule has 0 aliphatic rings. The zero-order chi connectivity index (χ0) is 18.4. The van der Waals surface area contributed by atoms with E-state index >= 15 is 0 Å². The Balaban J connectivity index is 2.28. The van der Waals surface area contributed by atoms with Gasteiger partial charge >= 0.3 is 6.16 Å². The normalized spacial score (nSPS) is 10.4. The third kappa shape index (κ3) is 4.75. The molecule has 0 unspecified atom stereocenters. The summed E-state index contributed by atoms with van der Waals surface area (Å²) in [5.41, 5.74) is 4.39. The summed E-state index contributed by atoms with van der Waals surface area (Å²) in [6, 6.07) is 9.72. The molecule has 0 aliphatic heterocycles. The molecule has 25 heavy (non-hydrogen) atoms. The minimum absolute atomic E-state index is 0.305. The Kier molecular flexibility index (Phi) is 6.88. The van der Waals surface area contributed by atoms with Gasteiger partial charge in [0.25, 0.3) is 0 Å². The lowest BCUT2D eigenvalue weighted by Crippen LogP contribution is -2.11. The van der Waals surface area contributed by atoms with Gasteiger partial charge in [-0.1, -0.05) is 26.0 Å². The molecule has 5 heteroatoms. The highest BCUT2D eigenvalue weighted by atomic mass is 79.9. The van der Waals surface area contributed by atoms with Gasteiger partial charge in [0, 0.05) is 5.56 Å². The summed E-state index contributed by atoms with van der Waals surface area (Å²) in [7, 11) is 1.29. The van der Waals surface area contributed by atoms with Crippen molar-refractivity contribution in [1.29, 1.82) is 0 Å². The predicted molar refractivity (Wildman–Crippen MR) is 101 cm³/mol.